The molecule has 1 nitrogen and oxygen atoms in total. The van der Waals surface area contributed by atoms with Gasteiger partial charge in [-0.2, -0.15) is 0 Å². The molecule has 1 aliphatic carbocycles. The summed E-state index contributed by atoms with van der Waals surface area (Å²) in [5.74, 6) is 2.12. The highest BCUT2D eigenvalue weighted by molar-refractivity contribution is 4.94. The van der Waals surface area contributed by atoms with Crippen LogP contribution in [0.5, 0.6) is 0 Å². The second-order valence-corrected chi connectivity index (χ2v) is 4.27. The van der Waals surface area contributed by atoms with Gasteiger partial charge >= 0.3 is 0 Å². The lowest BCUT2D eigenvalue weighted by Gasteiger charge is -2.22. The van der Waals surface area contributed by atoms with Crippen LogP contribution in [0.3, 0.4) is 0 Å². The molecule has 1 aliphatic heterocycles. The number of likely N-dealkylation sites (tertiary alicyclic amines) is 1. The van der Waals surface area contributed by atoms with Crippen LogP contribution < -0.4 is 0 Å². The van der Waals surface area contributed by atoms with Crippen LogP contribution >= 0.6 is 0 Å². The molecule has 0 spiro atoms. The van der Waals surface area contributed by atoms with Crippen molar-refractivity contribution in [1.82, 2.24) is 4.90 Å². The number of rotatable bonds is 1. The Kier molecular flexibility index (Phi) is 1.92. The fraction of sp³-hybridized carbons (Fsp3) is 1.00. The third-order valence-electron chi connectivity index (χ3n) is 3.72. The Labute approximate surface area is 69.8 Å². The number of fused-ring (bicyclic) bond motifs is 1. The summed E-state index contributed by atoms with van der Waals surface area (Å²) in [7, 11) is 2.30. The molecule has 1 saturated heterocycles. The molecule has 0 aromatic heterocycles. The van der Waals surface area contributed by atoms with Crippen molar-refractivity contribution >= 4 is 0 Å². The SMILES string of the molecule is CCC1[C@@H]2CCC[C@@H]2CN1C. The molecule has 1 heterocycles. The van der Waals surface area contributed by atoms with E-state index in [1.165, 1.54) is 32.2 Å². The fourth-order valence-electron chi connectivity index (χ4n) is 3.25. The van der Waals surface area contributed by atoms with Crippen LogP contribution in [0.15, 0.2) is 0 Å². The summed E-state index contributed by atoms with van der Waals surface area (Å²) < 4.78 is 0. The van der Waals surface area contributed by atoms with E-state index in [1.807, 2.05) is 0 Å². The molecule has 2 fully saturated rings. The molecule has 0 bridgehead atoms. The van der Waals surface area contributed by atoms with Crippen molar-refractivity contribution in [2.75, 3.05) is 13.6 Å². The first-order valence-corrected chi connectivity index (χ1v) is 5.03. The average molecular weight is 153 g/mol. The molecule has 3 atom stereocenters. The molecule has 1 unspecified atom stereocenters. The van der Waals surface area contributed by atoms with Crippen molar-refractivity contribution in [2.45, 2.75) is 38.6 Å². The fourth-order valence-corrected chi connectivity index (χ4v) is 3.25. The third-order valence-corrected chi connectivity index (χ3v) is 3.72. The van der Waals surface area contributed by atoms with E-state index in [0.717, 1.165) is 17.9 Å². The summed E-state index contributed by atoms with van der Waals surface area (Å²) in [6.45, 7) is 3.71. The zero-order valence-corrected chi connectivity index (χ0v) is 7.71. The van der Waals surface area contributed by atoms with E-state index in [2.05, 4.69) is 18.9 Å². The minimum Gasteiger partial charge on any atom is -0.303 e. The van der Waals surface area contributed by atoms with Crippen molar-refractivity contribution in [2.24, 2.45) is 11.8 Å². The van der Waals surface area contributed by atoms with Gasteiger partial charge in [0.15, 0.2) is 0 Å². The van der Waals surface area contributed by atoms with Crippen molar-refractivity contribution in [3.63, 3.8) is 0 Å². The van der Waals surface area contributed by atoms with Crippen LogP contribution in [-0.4, -0.2) is 24.5 Å². The van der Waals surface area contributed by atoms with Gasteiger partial charge in [-0.15, -0.1) is 0 Å². The Balaban J connectivity index is 2.07. The zero-order chi connectivity index (χ0) is 7.84. The Morgan fingerprint density at radius 2 is 2.18 bits per heavy atom. The molecule has 1 heteroatoms. The Hall–Kier alpha value is -0.0400. The second kappa shape index (κ2) is 2.78. The highest BCUT2D eigenvalue weighted by Gasteiger charge is 2.40. The van der Waals surface area contributed by atoms with Crippen molar-refractivity contribution < 1.29 is 0 Å². The van der Waals surface area contributed by atoms with Crippen LogP contribution in [-0.2, 0) is 0 Å². The molecule has 0 aromatic carbocycles. The molecule has 0 aromatic rings. The van der Waals surface area contributed by atoms with E-state index in [4.69, 9.17) is 0 Å². The first kappa shape index (κ1) is 7.60. The van der Waals surface area contributed by atoms with Gasteiger partial charge in [0.1, 0.15) is 0 Å². The molecule has 0 radical (unpaired) electrons. The van der Waals surface area contributed by atoms with Gasteiger partial charge in [0, 0.05) is 12.6 Å². The predicted molar refractivity (Wildman–Crippen MR) is 47.5 cm³/mol. The summed E-state index contributed by atoms with van der Waals surface area (Å²) in [4.78, 5) is 2.58. The van der Waals surface area contributed by atoms with Crippen molar-refractivity contribution in [1.29, 1.82) is 0 Å². The highest BCUT2D eigenvalue weighted by Crippen LogP contribution is 2.42. The molecule has 1 saturated carbocycles. The number of hydrogen-bond donors (Lipinski definition) is 0. The van der Waals surface area contributed by atoms with Gasteiger partial charge in [-0.1, -0.05) is 13.3 Å². The topological polar surface area (TPSA) is 3.24 Å². The van der Waals surface area contributed by atoms with Gasteiger partial charge in [0.05, 0.1) is 0 Å². The Morgan fingerprint density at radius 3 is 2.91 bits per heavy atom. The largest absolute Gasteiger partial charge is 0.303 e. The highest BCUT2D eigenvalue weighted by atomic mass is 15.2. The summed E-state index contributed by atoms with van der Waals surface area (Å²) in [5, 5.41) is 0. The molecule has 2 aliphatic rings. The van der Waals surface area contributed by atoms with E-state index >= 15 is 0 Å². The monoisotopic (exact) mass is 153 g/mol. The minimum atomic E-state index is 0.919. The van der Waals surface area contributed by atoms with Gasteiger partial charge in [0.25, 0.3) is 0 Å². The number of hydrogen-bond acceptors (Lipinski definition) is 1. The lowest BCUT2D eigenvalue weighted by Crippen LogP contribution is -2.28. The first-order chi connectivity index (χ1) is 5.33. The third kappa shape index (κ3) is 1.10. The molecule has 11 heavy (non-hydrogen) atoms. The summed E-state index contributed by atoms with van der Waals surface area (Å²) in [6, 6.07) is 0.919. The van der Waals surface area contributed by atoms with Crippen molar-refractivity contribution in [3.05, 3.63) is 0 Å². The molecular formula is C10H19N. The van der Waals surface area contributed by atoms with Crippen LogP contribution in [0.1, 0.15) is 32.6 Å². The van der Waals surface area contributed by atoms with Crippen LogP contribution in [0.25, 0.3) is 0 Å². The van der Waals surface area contributed by atoms with E-state index in [1.54, 1.807) is 0 Å². The smallest absolute Gasteiger partial charge is 0.0121 e. The Bertz CT molecular complexity index is 144. The molecule has 0 N–H and O–H groups in total. The van der Waals surface area contributed by atoms with E-state index in [0.29, 0.717) is 0 Å². The second-order valence-electron chi connectivity index (χ2n) is 4.27. The Morgan fingerprint density at radius 1 is 1.36 bits per heavy atom. The predicted octanol–water partition coefficient (Wildman–Crippen LogP) is 2.13. The summed E-state index contributed by atoms with van der Waals surface area (Å²) in [5.41, 5.74) is 0. The lowest BCUT2D eigenvalue weighted by molar-refractivity contribution is 0.259. The van der Waals surface area contributed by atoms with Crippen molar-refractivity contribution in [3.8, 4) is 0 Å². The molecule has 0 amide bonds. The summed E-state index contributed by atoms with van der Waals surface area (Å²) >= 11 is 0. The molecular weight excluding hydrogens is 134 g/mol. The van der Waals surface area contributed by atoms with Crippen LogP contribution in [0, 0.1) is 11.8 Å². The average Bonchev–Trinajstić information content (AvgIpc) is 2.46. The molecule has 2 rings (SSSR count). The van der Waals surface area contributed by atoms with Crippen LogP contribution in [0.4, 0.5) is 0 Å². The maximum Gasteiger partial charge on any atom is 0.0121 e. The minimum absolute atomic E-state index is 0.919. The maximum atomic E-state index is 2.58. The normalized spacial score (nSPS) is 44.7. The standard InChI is InChI=1S/C10H19N/c1-3-10-9-6-4-5-8(9)7-11(10)2/h8-10H,3-7H2,1-2H3/t8-,9-,10?/m1/s1. The van der Waals surface area contributed by atoms with Gasteiger partial charge in [0.2, 0.25) is 0 Å². The lowest BCUT2D eigenvalue weighted by atomic mass is 9.93. The van der Waals surface area contributed by atoms with E-state index < -0.39 is 0 Å². The van der Waals surface area contributed by atoms with Gasteiger partial charge in [-0.3, -0.25) is 0 Å². The first-order valence-electron chi connectivity index (χ1n) is 5.03. The van der Waals surface area contributed by atoms with Gasteiger partial charge in [-0.25, -0.2) is 0 Å². The molecule has 64 valence electrons. The van der Waals surface area contributed by atoms with Gasteiger partial charge in [-0.05, 0) is 38.1 Å². The maximum absolute atomic E-state index is 2.58. The summed E-state index contributed by atoms with van der Waals surface area (Å²) in [6.07, 6.45) is 5.87. The number of nitrogens with zero attached hydrogens (tertiary/aromatic N) is 1. The van der Waals surface area contributed by atoms with Gasteiger partial charge < -0.3 is 4.90 Å². The quantitative estimate of drug-likeness (QED) is 0.558. The van der Waals surface area contributed by atoms with E-state index in [-0.39, 0.29) is 0 Å². The zero-order valence-electron chi connectivity index (χ0n) is 7.71. The van der Waals surface area contributed by atoms with Crippen LogP contribution in [0.2, 0.25) is 0 Å². The van der Waals surface area contributed by atoms with E-state index in [9.17, 15) is 0 Å².